The Hall–Kier alpha value is -3.26. The lowest BCUT2D eigenvalue weighted by atomic mass is 9.70. The highest BCUT2D eigenvalue weighted by molar-refractivity contribution is 5.93. The predicted molar refractivity (Wildman–Crippen MR) is 128 cm³/mol. The number of benzene rings is 2. The maximum Gasteiger partial charge on any atom is 0.0937 e. The summed E-state index contributed by atoms with van der Waals surface area (Å²) in [5.41, 5.74) is 12.1. The van der Waals surface area contributed by atoms with Crippen molar-refractivity contribution < 1.29 is 0 Å². The molecule has 0 saturated carbocycles. The Bertz CT molecular complexity index is 1150. The number of hydrogen-bond donors (Lipinski definition) is 0. The molecule has 1 spiro atoms. The summed E-state index contributed by atoms with van der Waals surface area (Å²) in [7, 11) is 0. The first-order valence-electron chi connectivity index (χ1n) is 9.35. The lowest BCUT2D eigenvalue weighted by Gasteiger charge is -2.30. The van der Waals surface area contributed by atoms with E-state index >= 15 is 0 Å². The zero-order chi connectivity index (χ0) is 18.2. The third-order valence-electron chi connectivity index (χ3n) is 6.10. The summed E-state index contributed by atoms with van der Waals surface area (Å²) in [6.45, 7) is 4.34. The van der Waals surface area contributed by atoms with Gasteiger partial charge in [-0.1, -0.05) is 81.9 Å². The molecule has 0 bridgehead atoms. The van der Waals surface area contributed by atoms with Gasteiger partial charge in [0.1, 0.15) is 0 Å². The summed E-state index contributed by atoms with van der Waals surface area (Å²) in [6.07, 6.45) is 3.75. The molecule has 2 heteroatoms. The van der Waals surface area contributed by atoms with E-state index in [2.05, 4.69) is 74.5 Å². The van der Waals surface area contributed by atoms with Crippen molar-refractivity contribution in [2.24, 2.45) is 0 Å². The molecule has 4 aromatic rings. The van der Waals surface area contributed by atoms with Crippen LogP contribution in [0.25, 0.3) is 22.5 Å². The highest BCUT2D eigenvalue weighted by atomic mass is 14.8. The number of nitrogens with zero attached hydrogens (tertiary/aromatic N) is 2. The van der Waals surface area contributed by atoms with Crippen molar-refractivity contribution in [2.75, 3.05) is 0 Å². The van der Waals surface area contributed by atoms with Crippen molar-refractivity contribution in [1.82, 2.24) is 9.97 Å². The van der Waals surface area contributed by atoms with Crippen LogP contribution in [0.2, 0.25) is 0 Å². The van der Waals surface area contributed by atoms with Crippen molar-refractivity contribution in [3.05, 3.63) is 106 Å². The number of rotatable bonds is 0. The second kappa shape index (κ2) is 7.21. The Morgan fingerprint density at radius 3 is 1.43 bits per heavy atom. The van der Waals surface area contributed by atoms with E-state index in [1.165, 1.54) is 44.5 Å². The van der Waals surface area contributed by atoms with E-state index in [1.54, 1.807) is 0 Å². The minimum absolute atomic E-state index is 0. The molecular formula is C28H30N2. The van der Waals surface area contributed by atoms with Crippen LogP contribution in [0.4, 0.5) is 0 Å². The summed E-state index contributed by atoms with van der Waals surface area (Å²) >= 11 is 0. The lowest BCUT2D eigenvalue weighted by molar-refractivity contribution is 0.787. The first-order valence-corrected chi connectivity index (χ1v) is 9.35. The summed E-state index contributed by atoms with van der Waals surface area (Å²) in [4.78, 5) is 9.50. The minimum atomic E-state index is -0.324. The van der Waals surface area contributed by atoms with E-state index < -0.39 is 0 Å². The van der Waals surface area contributed by atoms with Crippen molar-refractivity contribution in [1.29, 1.82) is 0 Å². The molecule has 0 atom stereocenters. The Morgan fingerprint density at radius 2 is 1.00 bits per heavy atom. The molecule has 152 valence electrons. The molecule has 0 aliphatic heterocycles. The van der Waals surface area contributed by atoms with Gasteiger partial charge in [0.2, 0.25) is 0 Å². The molecule has 0 N–H and O–H groups in total. The van der Waals surface area contributed by atoms with Gasteiger partial charge in [-0.15, -0.1) is 0 Å². The molecular weight excluding hydrogens is 364 g/mol. The standard InChI is InChI=1S/C25H18N2.3CH4/c1-15-7-9-17-18-10-8-16(2)14-22(18)25(21(17)13-15)19-5-3-11-26-23(19)24-20(25)6-4-12-27-24;;;/h3-14H,1-2H3;3*1H4. The van der Waals surface area contributed by atoms with Gasteiger partial charge >= 0.3 is 0 Å². The van der Waals surface area contributed by atoms with Crippen molar-refractivity contribution in [3.63, 3.8) is 0 Å². The van der Waals surface area contributed by atoms with Crippen LogP contribution in [-0.2, 0) is 5.41 Å². The van der Waals surface area contributed by atoms with Crippen LogP contribution < -0.4 is 0 Å². The molecule has 2 aromatic carbocycles. The van der Waals surface area contributed by atoms with Crippen LogP contribution in [0.1, 0.15) is 55.7 Å². The lowest BCUT2D eigenvalue weighted by Crippen LogP contribution is -2.26. The molecule has 0 radical (unpaired) electrons. The van der Waals surface area contributed by atoms with Gasteiger partial charge in [-0.3, -0.25) is 9.97 Å². The monoisotopic (exact) mass is 394 g/mol. The van der Waals surface area contributed by atoms with E-state index in [4.69, 9.17) is 9.97 Å². The first kappa shape index (κ1) is 21.4. The van der Waals surface area contributed by atoms with E-state index in [9.17, 15) is 0 Å². The Kier molecular flexibility index (Phi) is 5.16. The number of aromatic nitrogens is 2. The van der Waals surface area contributed by atoms with Gasteiger partial charge in [0.25, 0.3) is 0 Å². The molecule has 30 heavy (non-hydrogen) atoms. The third kappa shape index (κ3) is 2.37. The average Bonchev–Trinajstić information content (AvgIpc) is 3.14. The zero-order valence-electron chi connectivity index (χ0n) is 15.3. The van der Waals surface area contributed by atoms with Gasteiger partial charge in [-0.2, -0.15) is 0 Å². The van der Waals surface area contributed by atoms with Crippen LogP contribution in [0, 0.1) is 13.8 Å². The van der Waals surface area contributed by atoms with Crippen molar-refractivity contribution in [2.45, 2.75) is 41.5 Å². The smallest absolute Gasteiger partial charge is 0.0937 e. The SMILES string of the molecule is C.C.C.Cc1ccc2c(c1)C1(c3cc(C)ccc3-2)c2cccnc2-c2ncccc21. The van der Waals surface area contributed by atoms with E-state index in [0.717, 1.165) is 11.4 Å². The molecule has 0 unspecified atom stereocenters. The largest absolute Gasteiger partial charge is 0.254 e. The zero-order valence-corrected chi connectivity index (χ0v) is 15.3. The summed E-state index contributed by atoms with van der Waals surface area (Å²) in [5, 5.41) is 0. The van der Waals surface area contributed by atoms with Crippen molar-refractivity contribution in [3.8, 4) is 22.5 Å². The Morgan fingerprint density at radius 1 is 0.567 bits per heavy atom. The highest BCUT2D eigenvalue weighted by Crippen LogP contribution is 2.61. The molecule has 0 fully saturated rings. The summed E-state index contributed by atoms with van der Waals surface area (Å²) in [6, 6.07) is 22.2. The number of hydrogen-bond acceptors (Lipinski definition) is 2. The van der Waals surface area contributed by atoms with Gasteiger partial charge in [0.05, 0.1) is 16.8 Å². The van der Waals surface area contributed by atoms with Crippen LogP contribution in [0.15, 0.2) is 73.1 Å². The first-order chi connectivity index (χ1) is 13.2. The van der Waals surface area contributed by atoms with Crippen LogP contribution in [0.5, 0.6) is 0 Å². The van der Waals surface area contributed by atoms with Gasteiger partial charge in [0.15, 0.2) is 0 Å². The number of fused-ring (bicyclic) bond motifs is 10. The summed E-state index contributed by atoms with van der Waals surface area (Å²) < 4.78 is 0. The topological polar surface area (TPSA) is 25.8 Å². The molecule has 2 aliphatic carbocycles. The molecule has 2 aromatic heterocycles. The quantitative estimate of drug-likeness (QED) is 0.269. The minimum Gasteiger partial charge on any atom is -0.254 e. The van der Waals surface area contributed by atoms with Gasteiger partial charge in [-0.25, -0.2) is 0 Å². The summed E-state index contributed by atoms with van der Waals surface area (Å²) in [5.74, 6) is 0. The normalized spacial score (nSPS) is 13.1. The fourth-order valence-corrected chi connectivity index (χ4v) is 5.07. The van der Waals surface area contributed by atoms with Gasteiger partial charge < -0.3 is 0 Å². The predicted octanol–water partition coefficient (Wildman–Crippen LogP) is 7.35. The molecule has 0 saturated heterocycles. The fourth-order valence-electron chi connectivity index (χ4n) is 5.07. The molecule has 2 nitrogen and oxygen atoms in total. The van der Waals surface area contributed by atoms with E-state index in [-0.39, 0.29) is 27.7 Å². The van der Waals surface area contributed by atoms with Gasteiger partial charge in [0, 0.05) is 12.4 Å². The average molecular weight is 395 g/mol. The molecule has 2 heterocycles. The van der Waals surface area contributed by atoms with Crippen LogP contribution in [0.3, 0.4) is 0 Å². The fraction of sp³-hybridized carbons (Fsp3) is 0.214. The molecule has 2 aliphatic rings. The Labute approximate surface area is 180 Å². The molecule has 0 amide bonds. The Balaban J connectivity index is 0.000000853. The van der Waals surface area contributed by atoms with E-state index in [0.29, 0.717) is 0 Å². The number of pyridine rings is 2. The number of aryl methyl sites for hydroxylation is 2. The highest BCUT2D eigenvalue weighted by Gasteiger charge is 2.52. The maximum absolute atomic E-state index is 4.75. The molecule has 6 rings (SSSR count). The van der Waals surface area contributed by atoms with Gasteiger partial charge in [-0.05, 0) is 59.4 Å². The maximum atomic E-state index is 4.75. The third-order valence-corrected chi connectivity index (χ3v) is 6.10. The second-order valence-corrected chi connectivity index (χ2v) is 7.65. The second-order valence-electron chi connectivity index (χ2n) is 7.65. The van der Waals surface area contributed by atoms with Crippen LogP contribution >= 0.6 is 0 Å². The van der Waals surface area contributed by atoms with Crippen LogP contribution in [-0.4, -0.2) is 9.97 Å². The van der Waals surface area contributed by atoms with Crippen molar-refractivity contribution >= 4 is 0 Å². The van der Waals surface area contributed by atoms with E-state index in [1.807, 2.05) is 12.4 Å².